The summed E-state index contributed by atoms with van der Waals surface area (Å²) in [5.74, 6) is -0.224. The van der Waals surface area contributed by atoms with Gasteiger partial charge in [0.25, 0.3) is 17.7 Å². The van der Waals surface area contributed by atoms with Crippen molar-refractivity contribution in [2.24, 2.45) is 5.92 Å². The number of hydrogen-bond acceptors (Lipinski definition) is 6. The second-order valence-electron chi connectivity index (χ2n) is 11.0. The first-order chi connectivity index (χ1) is 20.6. The van der Waals surface area contributed by atoms with Gasteiger partial charge in [-0.05, 0) is 79.8 Å². The van der Waals surface area contributed by atoms with Crippen LogP contribution in [0.4, 0.5) is 10.1 Å². The van der Waals surface area contributed by atoms with E-state index in [1.54, 1.807) is 49.6 Å². The van der Waals surface area contributed by atoms with Crippen molar-refractivity contribution in [1.29, 1.82) is 0 Å². The van der Waals surface area contributed by atoms with Gasteiger partial charge < -0.3 is 29.7 Å². The lowest BCUT2D eigenvalue weighted by Gasteiger charge is -2.39. The third-order valence-corrected chi connectivity index (χ3v) is 8.72. The highest BCUT2D eigenvalue weighted by atomic mass is 35.5. The third kappa shape index (κ3) is 5.94. The van der Waals surface area contributed by atoms with E-state index in [-0.39, 0.29) is 53.6 Å². The maximum absolute atomic E-state index is 13.6. The van der Waals surface area contributed by atoms with Gasteiger partial charge >= 0.3 is 0 Å². The highest BCUT2D eigenvalue weighted by Gasteiger charge is 2.57. The van der Waals surface area contributed by atoms with Gasteiger partial charge in [-0.15, -0.1) is 0 Å². The van der Waals surface area contributed by atoms with Crippen molar-refractivity contribution >= 4 is 46.6 Å². The van der Waals surface area contributed by atoms with Crippen LogP contribution in [0.25, 0.3) is 0 Å². The molecule has 4 aliphatic rings. The molecular weight excluding hydrogens is 600 g/mol. The maximum Gasteiger partial charge on any atom is 0.263 e. The number of benzene rings is 3. The average Bonchev–Trinajstić information content (AvgIpc) is 3.50. The van der Waals surface area contributed by atoms with Gasteiger partial charge in [0.2, 0.25) is 0 Å². The molecule has 2 bridgehead atoms. The number of nitrogens with zero attached hydrogens (tertiary/aromatic N) is 1. The van der Waals surface area contributed by atoms with Crippen LogP contribution in [0.3, 0.4) is 0 Å². The number of methoxy groups -OCH3 is 1. The Morgan fingerprint density at radius 2 is 1.77 bits per heavy atom. The van der Waals surface area contributed by atoms with Crippen molar-refractivity contribution in [2.45, 2.75) is 36.9 Å². The number of ether oxygens (including phenoxy) is 3. The number of rotatable bonds is 8. The van der Waals surface area contributed by atoms with Gasteiger partial charge in [0.05, 0.1) is 24.4 Å². The molecule has 1 aliphatic heterocycles. The van der Waals surface area contributed by atoms with E-state index in [1.807, 2.05) is 0 Å². The SMILES string of the molecule is COc1ccc(C(=O)N2CC(C(=O)NC3CC4(NC(=O)COc5ccc(Cl)c(F)c5)CC3C4)Oc3ccc(Cl)cc32)cc1. The molecule has 43 heavy (non-hydrogen) atoms. The Balaban J connectivity index is 1.08. The van der Waals surface area contributed by atoms with E-state index in [9.17, 15) is 18.8 Å². The van der Waals surface area contributed by atoms with Gasteiger partial charge in [-0.25, -0.2) is 4.39 Å². The summed E-state index contributed by atoms with van der Waals surface area (Å²) in [6.07, 6.45) is 1.04. The fourth-order valence-electron chi connectivity index (χ4n) is 6.10. The fourth-order valence-corrected chi connectivity index (χ4v) is 6.39. The second kappa shape index (κ2) is 11.6. The standard InChI is InChI=1S/C31H28Cl2FN3O6/c1-41-20-5-2-17(3-6-20)30(40)37-15-27(43-26-9-4-19(32)10-25(26)37)29(39)35-24-14-31(12-18(24)13-31)36-28(38)16-42-21-7-8-22(33)23(34)11-21/h2-11,18,24,27H,12-16H2,1H3,(H,35,39)(H,36,38). The zero-order chi connectivity index (χ0) is 30.3. The van der Waals surface area contributed by atoms with E-state index < -0.39 is 17.5 Å². The zero-order valence-electron chi connectivity index (χ0n) is 23.1. The van der Waals surface area contributed by atoms with Gasteiger partial charge in [0, 0.05) is 28.2 Å². The van der Waals surface area contributed by atoms with Gasteiger partial charge in [0.1, 0.15) is 23.1 Å². The van der Waals surface area contributed by atoms with Crippen LogP contribution in [-0.4, -0.2) is 55.7 Å². The highest BCUT2D eigenvalue weighted by Crippen LogP contribution is 2.52. The molecule has 2 atom stereocenters. The first-order valence-electron chi connectivity index (χ1n) is 13.7. The van der Waals surface area contributed by atoms with Crippen LogP contribution >= 0.6 is 23.2 Å². The average molecular weight is 628 g/mol. The summed E-state index contributed by atoms with van der Waals surface area (Å²) in [6.45, 7) is -0.284. The molecule has 9 nitrogen and oxygen atoms in total. The third-order valence-electron chi connectivity index (χ3n) is 8.18. The molecule has 0 spiro atoms. The van der Waals surface area contributed by atoms with Gasteiger partial charge in [-0.2, -0.15) is 0 Å². The molecule has 3 aliphatic carbocycles. The fraction of sp³-hybridized carbons (Fsp3) is 0.323. The summed E-state index contributed by atoms with van der Waals surface area (Å²) in [5.41, 5.74) is 0.458. The molecule has 3 amide bonds. The van der Waals surface area contributed by atoms with Crippen molar-refractivity contribution in [3.8, 4) is 17.2 Å². The number of carbonyl (C=O) groups excluding carboxylic acids is 3. The van der Waals surface area contributed by atoms with Crippen LogP contribution in [0.15, 0.2) is 60.7 Å². The van der Waals surface area contributed by atoms with Crippen molar-refractivity contribution in [2.75, 3.05) is 25.2 Å². The summed E-state index contributed by atoms with van der Waals surface area (Å²) in [7, 11) is 1.55. The van der Waals surface area contributed by atoms with Crippen LogP contribution < -0.4 is 29.7 Å². The predicted octanol–water partition coefficient (Wildman–Crippen LogP) is 4.78. The summed E-state index contributed by atoms with van der Waals surface area (Å²) in [5, 5.41) is 6.51. The molecule has 12 heteroatoms. The molecule has 7 rings (SSSR count). The summed E-state index contributed by atoms with van der Waals surface area (Å²) in [6, 6.07) is 15.4. The highest BCUT2D eigenvalue weighted by molar-refractivity contribution is 6.31. The van der Waals surface area contributed by atoms with E-state index in [0.717, 1.165) is 6.07 Å². The van der Waals surface area contributed by atoms with Crippen molar-refractivity contribution in [1.82, 2.24) is 10.6 Å². The Morgan fingerprint density at radius 1 is 1.02 bits per heavy atom. The smallest absolute Gasteiger partial charge is 0.263 e. The Labute approximate surface area is 257 Å². The Bertz CT molecular complexity index is 1580. The molecule has 3 aromatic rings. The Morgan fingerprint density at radius 3 is 2.49 bits per heavy atom. The molecule has 1 heterocycles. The number of carbonyl (C=O) groups is 3. The normalized spacial score (nSPS) is 23.3. The Hall–Kier alpha value is -4.02. The number of anilines is 1. The van der Waals surface area contributed by atoms with E-state index in [2.05, 4.69) is 10.6 Å². The lowest BCUT2D eigenvalue weighted by Crippen LogP contribution is -2.53. The van der Waals surface area contributed by atoms with Crippen molar-refractivity contribution < 1.29 is 33.0 Å². The second-order valence-corrected chi connectivity index (χ2v) is 11.9. The molecule has 224 valence electrons. The molecule has 3 saturated carbocycles. The predicted molar refractivity (Wildman–Crippen MR) is 158 cm³/mol. The molecular formula is C31H28Cl2FN3O6. The molecule has 0 aromatic heterocycles. The van der Waals surface area contributed by atoms with Crippen molar-refractivity contribution in [3.05, 3.63) is 82.1 Å². The van der Waals surface area contributed by atoms with Crippen LogP contribution in [0.2, 0.25) is 10.0 Å². The van der Waals surface area contributed by atoms with Crippen molar-refractivity contribution in [3.63, 3.8) is 0 Å². The lowest BCUT2D eigenvalue weighted by atomic mass is 9.76. The van der Waals surface area contributed by atoms with Gasteiger partial charge in [-0.3, -0.25) is 14.4 Å². The number of fused-ring (bicyclic) bond motifs is 2. The minimum atomic E-state index is -0.951. The molecule has 2 N–H and O–H groups in total. The van der Waals surface area contributed by atoms with E-state index in [4.69, 9.17) is 37.4 Å². The largest absolute Gasteiger partial charge is 0.497 e. The summed E-state index contributed by atoms with van der Waals surface area (Å²) in [4.78, 5) is 41.1. The molecule has 3 fully saturated rings. The number of amides is 3. The molecule has 2 unspecified atom stereocenters. The number of halogens is 3. The van der Waals surface area contributed by atoms with E-state index >= 15 is 0 Å². The molecule has 0 saturated heterocycles. The summed E-state index contributed by atoms with van der Waals surface area (Å²) >= 11 is 11.9. The van der Waals surface area contributed by atoms with E-state index in [0.29, 0.717) is 47.0 Å². The quantitative estimate of drug-likeness (QED) is 0.372. The maximum atomic E-state index is 13.6. The van der Waals surface area contributed by atoms with Crippen LogP contribution in [0, 0.1) is 11.7 Å². The molecule has 0 radical (unpaired) electrons. The monoisotopic (exact) mass is 627 g/mol. The minimum Gasteiger partial charge on any atom is -0.497 e. The lowest BCUT2D eigenvalue weighted by molar-refractivity contribution is -0.129. The zero-order valence-corrected chi connectivity index (χ0v) is 24.6. The van der Waals surface area contributed by atoms with Crippen LogP contribution in [0.1, 0.15) is 29.6 Å². The van der Waals surface area contributed by atoms with Crippen LogP contribution in [0.5, 0.6) is 17.2 Å². The minimum absolute atomic E-state index is 0.00800. The first-order valence-corrected chi connectivity index (χ1v) is 14.5. The summed E-state index contributed by atoms with van der Waals surface area (Å²) < 4.78 is 30.3. The topological polar surface area (TPSA) is 106 Å². The van der Waals surface area contributed by atoms with Crippen LogP contribution in [-0.2, 0) is 9.59 Å². The Kier molecular flexibility index (Phi) is 7.83. The van der Waals surface area contributed by atoms with E-state index in [1.165, 1.54) is 17.0 Å². The van der Waals surface area contributed by atoms with Gasteiger partial charge in [-0.1, -0.05) is 23.2 Å². The molecule has 3 aromatic carbocycles. The number of nitrogens with one attached hydrogen (secondary N) is 2. The first kappa shape index (κ1) is 29.1. The van der Waals surface area contributed by atoms with Gasteiger partial charge in [0.15, 0.2) is 12.7 Å². The number of hydrogen-bond donors (Lipinski definition) is 2.